The number of aromatic nitrogens is 2. The predicted molar refractivity (Wildman–Crippen MR) is 91.3 cm³/mol. The number of methoxy groups -OCH3 is 1. The lowest BCUT2D eigenvalue weighted by Crippen LogP contribution is -2.20. The van der Waals surface area contributed by atoms with Gasteiger partial charge in [0.05, 0.1) is 12.8 Å². The van der Waals surface area contributed by atoms with E-state index in [2.05, 4.69) is 4.98 Å². The number of anilines is 1. The summed E-state index contributed by atoms with van der Waals surface area (Å²) in [6.45, 7) is 0. The second kappa shape index (κ2) is 5.96. The van der Waals surface area contributed by atoms with E-state index in [9.17, 15) is 4.79 Å². The fourth-order valence-corrected chi connectivity index (χ4v) is 2.44. The average molecular weight is 307 g/mol. The topological polar surface area (TPSA) is 70.1 Å². The minimum Gasteiger partial charge on any atom is -0.497 e. The van der Waals surface area contributed by atoms with E-state index < -0.39 is 0 Å². The van der Waals surface area contributed by atoms with Crippen LogP contribution in [0.15, 0.2) is 59.4 Å². The van der Waals surface area contributed by atoms with Gasteiger partial charge in [-0.1, -0.05) is 36.4 Å². The van der Waals surface area contributed by atoms with Gasteiger partial charge in [0, 0.05) is 18.7 Å². The molecular formula is C18H17N3O2. The van der Waals surface area contributed by atoms with Crippen LogP contribution in [0.3, 0.4) is 0 Å². The highest BCUT2D eigenvalue weighted by Crippen LogP contribution is 2.32. The third-order valence-corrected chi connectivity index (χ3v) is 3.75. The molecule has 116 valence electrons. The molecule has 2 N–H and O–H groups in total. The van der Waals surface area contributed by atoms with Crippen LogP contribution in [0.4, 0.5) is 5.95 Å². The summed E-state index contributed by atoms with van der Waals surface area (Å²) in [6, 6.07) is 17.0. The highest BCUT2D eigenvalue weighted by molar-refractivity contribution is 5.82. The first-order chi connectivity index (χ1) is 11.1. The van der Waals surface area contributed by atoms with E-state index in [1.54, 1.807) is 14.2 Å². The Labute approximate surface area is 134 Å². The van der Waals surface area contributed by atoms with Gasteiger partial charge >= 0.3 is 0 Å². The molecule has 0 saturated heterocycles. The molecule has 0 saturated carbocycles. The van der Waals surface area contributed by atoms with Crippen molar-refractivity contribution in [1.82, 2.24) is 9.55 Å². The Kier molecular flexibility index (Phi) is 3.85. The first-order valence-electron chi connectivity index (χ1n) is 7.17. The minimum absolute atomic E-state index is 0.187. The number of benzene rings is 2. The van der Waals surface area contributed by atoms with E-state index in [4.69, 9.17) is 10.5 Å². The zero-order chi connectivity index (χ0) is 16.4. The van der Waals surface area contributed by atoms with Crippen LogP contribution in [0, 0.1) is 0 Å². The van der Waals surface area contributed by atoms with Gasteiger partial charge in [-0.3, -0.25) is 9.36 Å². The van der Waals surface area contributed by atoms with Crippen LogP contribution in [0.1, 0.15) is 0 Å². The molecule has 1 heterocycles. The van der Waals surface area contributed by atoms with Crippen LogP contribution in [0.25, 0.3) is 22.4 Å². The summed E-state index contributed by atoms with van der Waals surface area (Å²) in [5.74, 6) is 0.960. The van der Waals surface area contributed by atoms with Crippen LogP contribution >= 0.6 is 0 Å². The summed E-state index contributed by atoms with van der Waals surface area (Å²) in [4.78, 5) is 16.3. The Morgan fingerprint density at radius 2 is 1.78 bits per heavy atom. The largest absolute Gasteiger partial charge is 0.497 e. The molecule has 3 rings (SSSR count). The molecule has 0 aliphatic rings. The number of nitrogens with two attached hydrogens (primary N) is 1. The third kappa shape index (κ3) is 2.81. The van der Waals surface area contributed by atoms with Gasteiger partial charge in [0.15, 0.2) is 0 Å². The van der Waals surface area contributed by atoms with Gasteiger partial charge in [-0.05, 0) is 23.3 Å². The van der Waals surface area contributed by atoms with Crippen molar-refractivity contribution in [2.75, 3.05) is 12.8 Å². The lowest BCUT2D eigenvalue weighted by molar-refractivity contribution is 0.415. The fraction of sp³-hybridized carbons (Fsp3) is 0.111. The van der Waals surface area contributed by atoms with Gasteiger partial charge in [0.1, 0.15) is 5.75 Å². The van der Waals surface area contributed by atoms with Crippen molar-refractivity contribution in [3.05, 3.63) is 65.0 Å². The first kappa shape index (κ1) is 14.8. The molecule has 0 amide bonds. The molecule has 0 aliphatic carbocycles. The molecule has 1 aromatic heterocycles. The van der Waals surface area contributed by atoms with Crippen molar-refractivity contribution >= 4 is 5.95 Å². The highest BCUT2D eigenvalue weighted by Gasteiger charge is 2.11. The van der Waals surface area contributed by atoms with Crippen LogP contribution in [0.5, 0.6) is 5.75 Å². The first-order valence-corrected chi connectivity index (χ1v) is 7.17. The Bertz CT molecular complexity index is 916. The molecule has 23 heavy (non-hydrogen) atoms. The molecule has 0 unspecified atom stereocenters. The molecular weight excluding hydrogens is 290 g/mol. The van der Waals surface area contributed by atoms with Crippen LogP contribution < -0.4 is 16.0 Å². The Morgan fingerprint density at radius 3 is 2.48 bits per heavy atom. The van der Waals surface area contributed by atoms with E-state index in [1.807, 2.05) is 48.5 Å². The summed E-state index contributed by atoms with van der Waals surface area (Å²) < 4.78 is 6.60. The van der Waals surface area contributed by atoms with E-state index in [0.29, 0.717) is 5.69 Å². The Morgan fingerprint density at radius 1 is 1.04 bits per heavy atom. The standard InChI is InChI=1S/C18H17N3O2/c1-21-17(22)11-16(20-18(21)19)15-9-4-3-8-14(15)12-6-5-7-13(10-12)23-2/h3-11H,1-2H3,(H2,19,20). The summed E-state index contributed by atoms with van der Waals surface area (Å²) in [6.07, 6.45) is 0. The van der Waals surface area contributed by atoms with Crippen LogP contribution in [-0.4, -0.2) is 16.7 Å². The number of nitrogen functional groups attached to an aromatic ring is 1. The zero-order valence-electron chi connectivity index (χ0n) is 13.0. The second-order valence-electron chi connectivity index (χ2n) is 5.17. The highest BCUT2D eigenvalue weighted by atomic mass is 16.5. The molecule has 0 aliphatic heterocycles. The van der Waals surface area contributed by atoms with E-state index in [0.717, 1.165) is 22.4 Å². The monoisotopic (exact) mass is 307 g/mol. The third-order valence-electron chi connectivity index (χ3n) is 3.75. The quantitative estimate of drug-likeness (QED) is 0.807. The number of rotatable bonds is 3. The van der Waals surface area contributed by atoms with Crippen molar-refractivity contribution in [2.24, 2.45) is 7.05 Å². The number of ether oxygens (including phenoxy) is 1. The van der Waals surface area contributed by atoms with Crippen molar-refractivity contribution in [3.63, 3.8) is 0 Å². The number of nitrogens with zero attached hydrogens (tertiary/aromatic N) is 2. The maximum absolute atomic E-state index is 12.0. The van der Waals surface area contributed by atoms with Gasteiger partial charge in [0.2, 0.25) is 5.95 Å². The molecule has 0 fully saturated rings. The normalized spacial score (nSPS) is 10.5. The molecule has 3 aromatic rings. The fourth-order valence-electron chi connectivity index (χ4n) is 2.44. The van der Waals surface area contributed by atoms with Gasteiger partial charge in [-0.15, -0.1) is 0 Å². The van der Waals surface area contributed by atoms with Crippen LogP contribution in [-0.2, 0) is 7.05 Å². The smallest absolute Gasteiger partial charge is 0.255 e. The summed E-state index contributed by atoms with van der Waals surface area (Å²) in [5, 5.41) is 0. The number of hydrogen-bond donors (Lipinski definition) is 1. The van der Waals surface area contributed by atoms with E-state index in [-0.39, 0.29) is 11.5 Å². The molecule has 5 nitrogen and oxygen atoms in total. The number of hydrogen-bond acceptors (Lipinski definition) is 4. The predicted octanol–water partition coefficient (Wildman–Crippen LogP) is 2.71. The molecule has 0 spiro atoms. The van der Waals surface area contributed by atoms with Gasteiger partial charge < -0.3 is 10.5 Å². The van der Waals surface area contributed by atoms with Crippen molar-refractivity contribution < 1.29 is 4.74 Å². The minimum atomic E-state index is -0.187. The summed E-state index contributed by atoms with van der Waals surface area (Å²) in [5.41, 5.74) is 9.00. The lowest BCUT2D eigenvalue weighted by Gasteiger charge is -2.11. The molecule has 0 radical (unpaired) electrons. The maximum Gasteiger partial charge on any atom is 0.255 e. The van der Waals surface area contributed by atoms with Crippen molar-refractivity contribution in [2.45, 2.75) is 0 Å². The van der Waals surface area contributed by atoms with Crippen molar-refractivity contribution in [1.29, 1.82) is 0 Å². The van der Waals surface area contributed by atoms with Gasteiger partial charge in [-0.25, -0.2) is 4.98 Å². The van der Waals surface area contributed by atoms with Gasteiger partial charge in [-0.2, -0.15) is 0 Å². The Balaban J connectivity index is 2.20. The SMILES string of the molecule is COc1cccc(-c2ccccc2-c2cc(=O)n(C)c(N)n2)c1. The molecule has 0 bridgehead atoms. The molecule has 2 aromatic carbocycles. The van der Waals surface area contributed by atoms with Crippen molar-refractivity contribution in [3.8, 4) is 28.1 Å². The summed E-state index contributed by atoms with van der Waals surface area (Å²) >= 11 is 0. The van der Waals surface area contributed by atoms with E-state index in [1.165, 1.54) is 10.6 Å². The average Bonchev–Trinajstić information content (AvgIpc) is 2.59. The maximum atomic E-state index is 12.0. The zero-order valence-corrected chi connectivity index (χ0v) is 13.0. The van der Waals surface area contributed by atoms with Crippen LogP contribution in [0.2, 0.25) is 0 Å². The van der Waals surface area contributed by atoms with Gasteiger partial charge in [0.25, 0.3) is 5.56 Å². The van der Waals surface area contributed by atoms with E-state index >= 15 is 0 Å². The second-order valence-corrected chi connectivity index (χ2v) is 5.17. The summed E-state index contributed by atoms with van der Waals surface area (Å²) in [7, 11) is 3.23. The lowest BCUT2D eigenvalue weighted by atomic mass is 9.97. The Hall–Kier alpha value is -3.08. The molecule has 0 atom stereocenters. The molecule has 5 heteroatoms.